The average molecular weight is 476 g/mol. The number of halogens is 1. The lowest BCUT2D eigenvalue weighted by molar-refractivity contribution is 0.460. The Kier molecular flexibility index (Phi) is 7.28. The third kappa shape index (κ3) is 5.82. The lowest BCUT2D eigenvalue weighted by Crippen LogP contribution is -2.31. The summed E-state index contributed by atoms with van der Waals surface area (Å²) in [5, 5.41) is 9.67. The lowest BCUT2D eigenvalue weighted by atomic mass is 9.88. The van der Waals surface area contributed by atoms with Crippen molar-refractivity contribution in [3.63, 3.8) is 0 Å². The smallest absolute Gasteiger partial charge is 0.0406 e. The van der Waals surface area contributed by atoms with Gasteiger partial charge in [-0.2, -0.15) is 0 Å². The zero-order chi connectivity index (χ0) is 24.0. The highest BCUT2D eigenvalue weighted by molar-refractivity contribution is 6.30. The first-order valence-corrected chi connectivity index (χ1v) is 12.7. The van der Waals surface area contributed by atoms with Gasteiger partial charge in [0, 0.05) is 23.5 Å². The first-order chi connectivity index (χ1) is 17.2. The van der Waals surface area contributed by atoms with Crippen molar-refractivity contribution in [3.8, 4) is 0 Å². The summed E-state index contributed by atoms with van der Waals surface area (Å²) in [5.74, 6) is 0.337. The van der Waals surface area contributed by atoms with E-state index >= 15 is 0 Å². The zero-order valence-electron chi connectivity index (χ0n) is 20.0. The summed E-state index contributed by atoms with van der Waals surface area (Å²) in [6.45, 7) is 3.12. The second-order valence-electron chi connectivity index (χ2n) is 9.25. The van der Waals surface area contributed by atoms with Crippen LogP contribution >= 0.6 is 11.6 Å². The van der Waals surface area contributed by atoms with Crippen molar-refractivity contribution in [2.45, 2.75) is 31.8 Å². The van der Waals surface area contributed by atoms with Crippen molar-refractivity contribution < 1.29 is 0 Å². The van der Waals surface area contributed by atoms with Gasteiger partial charge in [0.25, 0.3) is 0 Å². The molecule has 0 aliphatic carbocycles. The number of allylic oxidation sites excluding steroid dienone is 1. The Bertz CT molecular complexity index is 1450. The van der Waals surface area contributed by atoms with E-state index in [1.54, 1.807) is 0 Å². The Morgan fingerprint density at radius 3 is 2.06 bits per heavy atom. The zero-order valence-corrected chi connectivity index (χ0v) is 20.7. The maximum absolute atomic E-state index is 6.19. The molecule has 35 heavy (non-hydrogen) atoms. The van der Waals surface area contributed by atoms with Gasteiger partial charge in [0.05, 0.1) is 0 Å². The molecule has 174 valence electrons. The Balaban J connectivity index is 1.31. The van der Waals surface area contributed by atoms with E-state index < -0.39 is 0 Å². The third-order valence-electron chi connectivity index (χ3n) is 6.82. The minimum absolute atomic E-state index is 0.295. The first-order valence-electron chi connectivity index (χ1n) is 12.3. The Morgan fingerprint density at radius 1 is 0.714 bits per heavy atom. The number of hydrogen-bond acceptors (Lipinski definition) is 1. The highest BCUT2D eigenvalue weighted by Crippen LogP contribution is 2.27. The van der Waals surface area contributed by atoms with Crippen molar-refractivity contribution in [1.29, 1.82) is 0 Å². The lowest BCUT2D eigenvalue weighted by Gasteiger charge is -2.25. The minimum atomic E-state index is 0.295. The first kappa shape index (κ1) is 23.4. The van der Waals surface area contributed by atoms with Gasteiger partial charge in [0.2, 0.25) is 0 Å². The SMILES string of the molecule is C[C@@H](NCc1ccc2ccccc2c1)[C@H](C/C=C/c1ccc2ccccc2c1)c1ccc(Cl)cc1. The standard InChI is InChI=1S/C33H30ClN/c1-24(35-23-26-14-16-28-9-3-5-11-31(28)22-26)33(29-17-19-32(34)20-18-29)12-6-7-25-13-15-27-8-2-4-10-30(27)21-25/h2-11,13-22,24,33,35H,12,23H2,1H3/b7-6+/t24-,33+/m1/s1. The molecule has 0 saturated carbocycles. The van der Waals surface area contributed by atoms with E-state index in [2.05, 4.69) is 121 Å². The summed E-state index contributed by atoms with van der Waals surface area (Å²) in [5.41, 5.74) is 3.84. The highest BCUT2D eigenvalue weighted by Gasteiger charge is 2.18. The van der Waals surface area contributed by atoms with Crippen LogP contribution in [0.2, 0.25) is 5.02 Å². The second kappa shape index (κ2) is 10.9. The van der Waals surface area contributed by atoms with Gasteiger partial charge in [-0.25, -0.2) is 0 Å². The molecule has 2 atom stereocenters. The third-order valence-corrected chi connectivity index (χ3v) is 7.07. The summed E-state index contributed by atoms with van der Waals surface area (Å²) in [6.07, 6.45) is 5.49. The van der Waals surface area contributed by atoms with Crippen LogP contribution in [-0.2, 0) is 6.54 Å². The van der Waals surface area contributed by atoms with Gasteiger partial charge in [-0.1, -0.05) is 109 Å². The minimum Gasteiger partial charge on any atom is -0.310 e. The maximum atomic E-state index is 6.19. The number of nitrogens with one attached hydrogen (secondary N) is 1. The molecule has 0 radical (unpaired) electrons. The molecule has 0 amide bonds. The molecule has 0 unspecified atom stereocenters. The molecule has 1 N–H and O–H groups in total. The van der Waals surface area contributed by atoms with Crippen molar-refractivity contribution >= 4 is 39.2 Å². The van der Waals surface area contributed by atoms with Crippen LogP contribution < -0.4 is 5.32 Å². The predicted octanol–water partition coefficient (Wildman–Crippen LogP) is 9.01. The monoisotopic (exact) mass is 475 g/mol. The molecular weight excluding hydrogens is 446 g/mol. The van der Waals surface area contributed by atoms with Crippen LogP contribution in [0.4, 0.5) is 0 Å². The second-order valence-corrected chi connectivity index (χ2v) is 9.69. The van der Waals surface area contributed by atoms with E-state index in [0.717, 1.165) is 18.0 Å². The molecule has 0 heterocycles. The summed E-state index contributed by atoms with van der Waals surface area (Å²) in [7, 11) is 0. The van der Waals surface area contributed by atoms with Crippen molar-refractivity contribution in [1.82, 2.24) is 5.32 Å². The van der Waals surface area contributed by atoms with E-state index in [4.69, 9.17) is 11.6 Å². The molecule has 0 fully saturated rings. The normalized spacial score (nSPS) is 13.4. The number of benzene rings is 5. The van der Waals surface area contributed by atoms with Crippen molar-refractivity contribution in [2.24, 2.45) is 0 Å². The Morgan fingerprint density at radius 2 is 1.34 bits per heavy atom. The van der Waals surface area contributed by atoms with Gasteiger partial charge >= 0.3 is 0 Å². The maximum Gasteiger partial charge on any atom is 0.0406 e. The Labute approximate surface area is 213 Å². The molecule has 0 spiro atoms. The molecule has 0 aliphatic rings. The summed E-state index contributed by atoms with van der Waals surface area (Å²) in [4.78, 5) is 0. The summed E-state index contributed by atoms with van der Waals surface area (Å²) < 4.78 is 0. The van der Waals surface area contributed by atoms with Crippen LogP contribution in [0.15, 0.2) is 115 Å². The fraction of sp³-hybridized carbons (Fsp3) is 0.152. The number of hydrogen-bond donors (Lipinski definition) is 1. The predicted molar refractivity (Wildman–Crippen MR) is 152 cm³/mol. The highest BCUT2D eigenvalue weighted by atomic mass is 35.5. The van der Waals surface area contributed by atoms with E-state index in [-0.39, 0.29) is 0 Å². The number of rotatable bonds is 8. The van der Waals surface area contributed by atoms with Crippen LogP contribution in [0.1, 0.15) is 36.0 Å². The van der Waals surface area contributed by atoms with Crippen molar-refractivity contribution in [2.75, 3.05) is 0 Å². The van der Waals surface area contributed by atoms with Crippen LogP contribution in [0, 0.1) is 0 Å². The van der Waals surface area contributed by atoms with Crippen LogP contribution in [0.25, 0.3) is 27.6 Å². The van der Waals surface area contributed by atoms with Gasteiger partial charge in [-0.3, -0.25) is 0 Å². The van der Waals surface area contributed by atoms with Crippen LogP contribution in [0.3, 0.4) is 0 Å². The summed E-state index contributed by atoms with van der Waals surface area (Å²) >= 11 is 6.19. The van der Waals surface area contributed by atoms with Crippen LogP contribution in [-0.4, -0.2) is 6.04 Å². The summed E-state index contributed by atoms with van der Waals surface area (Å²) in [6, 6.07) is 39.0. The van der Waals surface area contributed by atoms with Gasteiger partial charge in [-0.15, -0.1) is 0 Å². The Hall–Kier alpha value is -3.39. The quantitative estimate of drug-likeness (QED) is 0.236. The molecule has 5 aromatic rings. The largest absolute Gasteiger partial charge is 0.310 e. The van der Waals surface area contributed by atoms with Gasteiger partial charge in [0.1, 0.15) is 0 Å². The molecule has 2 heteroatoms. The van der Waals surface area contributed by atoms with E-state index in [1.165, 1.54) is 38.2 Å². The van der Waals surface area contributed by atoms with Gasteiger partial charge < -0.3 is 5.32 Å². The van der Waals surface area contributed by atoms with E-state index in [1.807, 2.05) is 12.1 Å². The van der Waals surface area contributed by atoms with Crippen molar-refractivity contribution in [3.05, 3.63) is 137 Å². The fourth-order valence-corrected chi connectivity index (χ4v) is 4.90. The molecule has 5 rings (SSSR count). The molecule has 5 aromatic carbocycles. The molecule has 0 bridgehead atoms. The molecule has 0 saturated heterocycles. The van der Waals surface area contributed by atoms with E-state index in [0.29, 0.717) is 12.0 Å². The van der Waals surface area contributed by atoms with Gasteiger partial charge in [0.15, 0.2) is 0 Å². The molecule has 1 nitrogen and oxygen atoms in total. The topological polar surface area (TPSA) is 12.0 Å². The molecular formula is C33H30ClN. The number of fused-ring (bicyclic) bond motifs is 2. The molecule has 0 aliphatic heterocycles. The van der Waals surface area contributed by atoms with Gasteiger partial charge in [-0.05, 0) is 75.8 Å². The molecule has 0 aromatic heterocycles. The van der Waals surface area contributed by atoms with Crippen LogP contribution in [0.5, 0.6) is 0 Å². The van der Waals surface area contributed by atoms with E-state index in [9.17, 15) is 0 Å². The fourth-order valence-electron chi connectivity index (χ4n) is 4.77. The average Bonchev–Trinajstić information content (AvgIpc) is 2.90.